The van der Waals surface area contributed by atoms with Gasteiger partial charge in [-0.25, -0.2) is 9.18 Å². The number of likely N-dealkylation sites (tertiary alicyclic amines) is 1. The third kappa shape index (κ3) is 4.75. The van der Waals surface area contributed by atoms with Crippen LogP contribution in [-0.2, 0) is 14.4 Å². The van der Waals surface area contributed by atoms with Crippen LogP contribution in [0.1, 0.15) is 61.3 Å². The van der Waals surface area contributed by atoms with Crippen LogP contribution in [0.2, 0.25) is 0 Å². The number of hydrogen-bond acceptors (Lipinski definition) is 5. The number of H-pyrrole nitrogens is 1. The molecule has 2 atom stereocenters. The number of nitrogens with zero attached hydrogens (tertiary/aromatic N) is 1. The molecule has 5 rings (SSSR count). The van der Waals surface area contributed by atoms with E-state index >= 15 is 4.39 Å². The van der Waals surface area contributed by atoms with Crippen LogP contribution in [0.25, 0.3) is 11.1 Å². The fourth-order valence-electron chi connectivity index (χ4n) is 4.89. The van der Waals surface area contributed by atoms with E-state index in [9.17, 15) is 19.2 Å². The average molecular weight is 495 g/mol. The van der Waals surface area contributed by atoms with Gasteiger partial charge < -0.3 is 20.0 Å². The van der Waals surface area contributed by atoms with Gasteiger partial charge in [-0.2, -0.15) is 0 Å². The van der Waals surface area contributed by atoms with Crippen molar-refractivity contribution < 1.29 is 23.2 Å². The number of fused-ring (bicyclic) bond motifs is 1. The smallest absolute Gasteiger partial charge is 0.407 e. The monoisotopic (exact) mass is 494 g/mol. The number of oxazole rings is 1. The number of aromatic nitrogens is 1. The van der Waals surface area contributed by atoms with E-state index in [2.05, 4.69) is 15.6 Å². The van der Waals surface area contributed by atoms with Crippen molar-refractivity contribution in [2.24, 2.45) is 0 Å². The maximum absolute atomic E-state index is 15.0. The Balaban J connectivity index is 1.47. The molecule has 2 aliphatic rings. The Hall–Kier alpha value is -3.95. The predicted octanol–water partition coefficient (Wildman–Crippen LogP) is 2.47. The molecule has 1 saturated carbocycles. The number of hydrogen-bond donors (Lipinski definition) is 3. The molecular weight excluding hydrogens is 467 g/mol. The molecule has 0 spiro atoms. The minimum atomic E-state index is -0.823. The van der Waals surface area contributed by atoms with Crippen LogP contribution < -0.4 is 16.4 Å². The third-order valence-corrected chi connectivity index (χ3v) is 6.81. The lowest BCUT2D eigenvalue weighted by Gasteiger charge is -2.27. The van der Waals surface area contributed by atoms with Gasteiger partial charge in [0.05, 0.1) is 18.1 Å². The lowest BCUT2D eigenvalue weighted by Crippen LogP contribution is -2.49. The van der Waals surface area contributed by atoms with Crippen molar-refractivity contribution in [2.75, 3.05) is 13.1 Å². The summed E-state index contributed by atoms with van der Waals surface area (Å²) in [5, 5.41) is 5.44. The number of carbonyl (C=O) groups is 3. The van der Waals surface area contributed by atoms with E-state index < -0.39 is 23.7 Å². The lowest BCUT2D eigenvalue weighted by atomic mass is 9.95. The molecule has 0 radical (unpaired) electrons. The Bertz CT molecular complexity index is 1390. The van der Waals surface area contributed by atoms with Crippen molar-refractivity contribution in [3.63, 3.8) is 0 Å². The van der Waals surface area contributed by atoms with Crippen molar-refractivity contribution in [1.82, 2.24) is 20.5 Å². The van der Waals surface area contributed by atoms with Crippen molar-refractivity contribution in [1.29, 1.82) is 0 Å². The van der Waals surface area contributed by atoms with Crippen molar-refractivity contribution in [2.45, 2.75) is 50.6 Å². The molecule has 3 amide bonds. The first kappa shape index (κ1) is 23.8. The number of nitrogens with one attached hydrogen (secondary N) is 3. The Morgan fingerprint density at radius 1 is 1.19 bits per heavy atom. The van der Waals surface area contributed by atoms with Crippen molar-refractivity contribution in [3.05, 3.63) is 69.5 Å². The van der Waals surface area contributed by atoms with Gasteiger partial charge in [-0.15, -0.1) is 0 Å². The molecule has 1 aliphatic heterocycles. The van der Waals surface area contributed by atoms with Crippen LogP contribution >= 0.6 is 0 Å². The number of amides is 3. The van der Waals surface area contributed by atoms with Gasteiger partial charge in [-0.1, -0.05) is 24.3 Å². The second-order valence-corrected chi connectivity index (χ2v) is 9.39. The summed E-state index contributed by atoms with van der Waals surface area (Å²) in [4.78, 5) is 53.3. The van der Waals surface area contributed by atoms with Gasteiger partial charge in [0.25, 0.3) is 0 Å². The molecule has 0 bridgehead atoms. The van der Waals surface area contributed by atoms with Gasteiger partial charge in [-0.05, 0) is 54.9 Å². The van der Waals surface area contributed by atoms with E-state index in [0.717, 1.165) is 12.8 Å². The molecule has 10 heteroatoms. The molecule has 2 aromatic carbocycles. The zero-order chi connectivity index (χ0) is 25.4. The summed E-state index contributed by atoms with van der Waals surface area (Å²) < 4.78 is 20.4. The first-order valence-electron chi connectivity index (χ1n) is 12.1. The molecule has 1 saturated heterocycles. The molecule has 36 heavy (non-hydrogen) atoms. The Kier molecular flexibility index (Phi) is 6.34. The molecule has 1 aliphatic carbocycles. The van der Waals surface area contributed by atoms with E-state index in [1.54, 1.807) is 30.3 Å². The van der Waals surface area contributed by atoms with Gasteiger partial charge in [0, 0.05) is 19.0 Å². The summed E-state index contributed by atoms with van der Waals surface area (Å²) in [5.41, 5.74) is 2.37. The van der Waals surface area contributed by atoms with Gasteiger partial charge in [-0.3, -0.25) is 19.4 Å². The van der Waals surface area contributed by atoms with Crippen LogP contribution in [0.3, 0.4) is 0 Å². The molecule has 2 fully saturated rings. The number of rotatable bonds is 7. The summed E-state index contributed by atoms with van der Waals surface area (Å²) >= 11 is 0. The van der Waals surface area contributed by atoms with Crippen LogP contribution in [-0.4, -0.2) is 46.7 Å². The minimum Gasteiger partial charge on any atom is -0.407 e. The predicted molar refractivity (Wildman–Crippen MR) is 129 cm³/mol. The fraction of sp³-hybridized carbons (Fsp3) is 0.385. The van der Waals surface area contributed by atoms with Crippen LogP contribution in [0, 0.1) is 5.82 Å². The van der Waals surface area contributed by atoms with Gasteiger partial charge in [0.2, 0.25) is 17.7 Å². The number of para-hydroxylation sites is 1. The number of carbonyl (C=O) groups excluding carboxylic acids is 3. The van der Waals surface area contributed by atoms with Crippen molar-refractivity contribution in [3.8, 4) is 0 Å². The normalized spacial score (nSPS) is 18.3. The number of benzene rings is 2. The Labute approximate surface area is 206 Å². The van der Waals surface area contributed by atoms with E-state index in [4.69, 9.17) is 4.42 Å². The zero-order valence-electron chi connectivity index (χ0n) is 19.8. The summed E-state index contributed by atoms with van der Waals surface area (Å²) in [5.74, 6) is -1.84. The highest BCUT2D eigenvalue weighted by Crippen LogP contribution is 2.42. The topological polar surface area (TPSA) is 125 Å². The molecule has 3 N–H and O–H groups in total. The lowest BCUT2D eigenvalue weighted by molar-refractivity contribution is -0.138. The van der Waals surface area contributed by atoms with Gasteiger partial charge in [0.15, 0.2) is 5.58 Å². The van der Waals surface area contributed by atoms with E-state index in [1.807, 2.05) is 0 Å². The standard InChI is InChI=1S/C26H27FN4O5/c1-14(32)28-13-22(33)31-11-3-6-21(31)25(34)30-23(16-9-10-17(15-7-8-15)19(27)12-16)18-4-2-5-20-24(18)36-26(35)29-20/h2,4-5,9-10,12,15,21,23H,3,6-8,11,13H2,1H3,(H,28,32)(H,29,35)(H,30,34). The van der Waals surface area contributed by atoms with Crippen LogP contribution in [0.5, 0.6) is 0 Å². The second kappa shape index (κ2) is 9.60. The maximum atomic E-state index is 15.0. The molecule has 3 aromatic rings. The van der Waals surface area contributed by atoms with Crippen molar-refractivity contribution >= 4 is 28.8 Å². The maximum Gasteiger partial charge on any atom is 0.417 e. The van der Waals surface area contributed by atoms with E-state index in [1.165, 1.54) is 17.9 Å². The highest BCUT2D eigenvalue weighted by molar-refractivity contribution is 5.91. The number of aromatic amines is 1. The quantitative estimate of drug-likeness (QED) is 0.466. The first-order valence-corrected chi connectivity index (χ1v) is 12.1. The molecular formula is C26H27FN4O5. The molecule has 2 unspecified atom stereocenters. The zero-order valence-corrected chi connectivity index (χ0v) is 19.8. The van der Waals surface area contributed by atoms with Gasteiger partial charge >= 0.3 is 5.76 Å². The summed E-state index contributed by atoms with van der Waals surface area (Å²) in [7, 11) is 0. The van der Waals surface area contributed by atoms with E-state index in [0.29, 0.717) is 41.6 Å². The van der Waals surface area contributed by atoms with Crippen LogP contribution in [0.4, 0.5) is 4.39 Å². The summed E-state index contributed by atoms with van der Waals surface area (Å²) in [6.07, 6.45) is 3.01. The summed E-state index contributed by atoms with van der Waals surface area (Å²) in [6, 6.07) is 8.49. The Morgan fingerprint density at radius 3 is 2.72 bits per heavy atom. The highest BCUT2D eigenvalue weighted by Gasteiger charge is 2.36. The second-order valence-electron chi connectivity index (χ2n) is 9.39. The third-order valence-electron chi connectivity index (χ3n) is 6.81. The average Bonchev–Trinajstić information content (AvgIpc) is 3.42. The molecule has 9 nitrogen and oxygen atoms in total. The molecule has 1 aromatic heterocycles. The molecule has 2 heterocycles. The SMILES string of the molecule is CC(=O)NCC(=O)N1CCCC1C(=O)NC(c1ccc(C2CC2)c(F)c1)c1cccc2[nH]c(=O)oc12. The van der Waals surface area contributed by atoms with E-state index in [-0.39, 0.29) is 35.7 Å². The van der Waals surface area contributed by atoms with Gasteiger partial charge in [0.1, 0.15) is 11.9 Å². The first-order chi connectivity index (χ1) is 17.3. The Morgan fingerprint density at radius 2 is 2.00 bits per heavy atom. The fourth-order valence-corrected chi connectivity index (χ4v) is 4.89. The molecule has 188 valence electrons. The van der Waals surface area contributed by atoms with Crippen LogP contribution in [0.15, 0.2) is 45.6 Å². The summed E-state index contributed by atoms with van der Waals surface area (Å²) in [6.45, 7) is 1.53. The highest BCUT2D eigenvalue weighted by atomic mass is 19.1. The largest absolute Gasteiger partial charge is 0.417 e. The minimum absolute atomic E-state index is 0.190. The number of halogens is 1.